The van der Waals surface area contributed by atoms with E-state index in [1.165, 1.54) is 24.0 Å². The molecule has 7 nitrogen and oxygen atoms in total. The van der Waals surface area contributed by atoms with Crippen LogP contribution in [0, 0.1) is 11.3 Å². The summed E-state index contributed by atoms with van der Waals surface area (Å²) in [4.78, 5) is 18.5. The third kappa shape index (κ3) is 4.59. The van der Waals surface area contributed by atoms with Crippen LogP contribution in [0.3, 0.4) is 0 Å². The summed E-state index contributed by atoms with van der Waals surface area (Å²) in [7, 11) is 0. The molecule has 2 unspecified atom stereocenters. The fourth-order valence-corrected chi connectivity index (χ4v) is 6.21. The minimum absolute atomic E-state index is 0.0711. The second-order valence-corrected chi connectivity index (χ2v) is 10.8. The summed E-state index contributed by atoms with van der Waals surface area (Å²) in [5, 5.41) is 3.42. The summed E-state index contributed by atoms with van der Waals surface area (Å²) < 4.78 is 19.9. The molecule has 2 fully saturated rings. The Morgan fingerprint density at radius 1 is 1.16 bits per heavy atom. The first-order valence-corrected chi connectivity index (χ1v) is 12.7. The Bertz CT molecular complexity index is 815. The van der Waals surface area contributed by atoms with Crippen molar-refractivity contribution in [2.24, 2.45) is 11.3 Å². The summed E-state index contributed by atoms with van der Waals surface area (Å²) in [5.41, 5.74) is 5.25. The molecule has 1 saturated heterocycles. The van der Waals surface area contributed by atoms with Crippen molar-refractivity contribution in [1.82, 2.24) is 20.5 Å². The molecule has 0 aromatic heterocycles. The van der Waals surface area contributed by atoms with E-state index >= 15 is 0 Å². The number of hydrazine groups is 1. The van der Waals surface area contributed by atoms with E-state index in [-0.39, 0.29) is 11.9 Å². The van der Waals surface area contributed by atoms with Gasteiger partial charge in [-0.25, -0.2) is 9.63 Å². The zero-order chi connectivity index (χ0) is 22.1. The summed E-state index contributed by atoms with van der Waals surface area (Å²) >= 11 is -2.12. The zero-order valence-corrected chi connectivity index (χ0v) is 19.5. The summed E-state index contributed by atoms with van der Waals surface area (Å²) in [5.74, 6) is 0.673. The van der Waals surface area contributed by atoms with E-state index in [0.29, 0.717) is 24.4 Å². The summed E-state index contributed by atoms with van der Waals surface area (Å²) in [6.45, 7) is 7.31. The number of rotatable bonds is 6. The van der Waals surface area contributed by atoms with Crippen LogP contribution < -0.4 is 15.6 Å². The van der Waals surface area contributed by atoms with Crippen LogP contribution in [-0.4, -0.2) is 45.7 Å². The lowest BCUT2D eigenvalue weighted by Crippen LogP contribution is -2.59. The van der Waals surface area contributed by atoms with E-state index < -0.39 is 16.7 Å². The van der Waals surface area contributed by atoms with Crippen LogP contribution in [0.1, 0.15) is 69.5 Å². The van der Waals surface area contributed by atoms with Crippen LogP contribution in [0.15, 0.2) is 24.3 Å². The molecule has 1 spiro atoms. The van der Waals surface area contributed by atoms with Crippen molar-refractivity contribution in [1.29, 1.82) is 0 Å². The SMILES string of the molecule is CC1(C)CCC(C2c3ccccc3C3(CCNCC3)C(=O)N2CCNNS(=O)O)CC1. The Morgan fingerprint density at radius 2 is 1.84 bits per heavy atom. The van der Waals surface area contributed by atoms with Gasteiger partial charge >= 0.3 is 0 Å². The number of carbonyl (C=O) groups is 1. The third-order valence-electron chi connectivity index (χ3n) is 7.73. The second-order valence-electron chi connectivity index (χ2n) is 10.1. The number of nitrogens with one attached hydrogen (secondary N) is 3. The molecule has 1 aromatic rings. The van der Waals surface area contributed by atoms with Gasteiger partial charge < -0.3 is 10.2 Å². The molecule has 0 radical (unpaired) electrons. The van der Waals surface area contributed by atoms with E-state index in [0.717, 1.165) is 38.8 Å². The average Bonchev–Trinajstić information content (AvgIpc) is 2.76. The summed E-state index contributed by atoms with van der Waals surface area (Å²) in [6, 6.07) is 8.67. The lowest BCUT2D eigenvalue weighted by atomic mass is 9.63. The molecule has 1 saturated carbocycles. The van der Waals surface area contributed by atoms with Gasteiger partial charge in [0.15, 0.2) is 0 Å². The molecular weight excluding hydrogens is 412 g/mol. The number of hydrogen-bond donors (Lipinski definition) is 4. The molecule has 172 valence electrons. The maximum absolute atomic E-state index is 14.1. The van der Waals surface area contributed by atoms with Crippen molar-refractivity contribution < 1.29 is 13.6 Å². The van der Waals surface area contributed by atoms with Gasteiger partial charge in [0.05, 0.1) is 11.5 Å². The number of piperidine rings is 1. The first-order chi connectivity index (χ1) is 14.8. The molecule has 3 aliphatic rings. The normalized spacial score (nSPS) is 26.6. The Morgan fingerprint density at radius 3 is 2.52 bits per heavy atom. The lowest BCUT2D eigenvalue weighted by molar-refractivity contribution is -0.145. The Balaban J connectivity index is 1.68. The number of nitrogens with zero attached hydrogens (tertiary/aromatic N) is 1. The fourth-order valence-electron chi connectivity index (χ4n) is 5.99. The Hall–Kier alpha value is -1.32. The number of hydrogen-bond acceptors (Lipinski definition) is 4. The number of benzene rings is 1. The van der Waals surface area contributed by atoms with E-state index in [9.17, 15) is 9.00 Å². The predicted octanol–water partition coefficient (Wildman–Crippen LogP) is 2.64. The second kappa shape index (κ2) is 9.27. The molecule has 8 heteroatoms. The van der Waals surface area contributed by atoms with Crippen LogP contribution >= 0.6 is 0 Å². The number of amides is 1. The van der Waals surface area contributed by atoms with Gasteiger partial charge in [0.1, 0.15) is 0 Å². The quantitative estimate of drug-likeness (QED) is 0.305. The van der Waals surface area contributed by atoms with Crippen molar-refractivity contribution in [2.75, 3.05) is 26.2 Å². The predicted molar refractivity (Wildman–Crippen MR) is 122 cm³/mol. The molecule has 0 bridgehead atoms. The molecule has 4 rings (SSSR count). The van der Waals surface area contributed by atoms with Crippen molar-refractivity contribution in [2.45, 2.75) is 63.8 Å². The highest BCUT2D eigenvalue weighted by atomic mass is 32.2. The summed E-state index contributed by atoms with van der Waals surface area (Å²) in [6.07, 6.45) is 6.23. The highest BCUT2D eigenvalue weighted by Gasteiger charge is 2.52. The van der Waals surface area contributed by atoms with Gasteiger partial charge in [-0.1, -0.05) is 38.1 Å². The maximum Gasteiger partial charge on any atom is 0.245 e. The van der Waals surface area contributed by atoms with Crippen LogP contribution in [0.5, 0.6) is 0 Å². The topological polar surface area (TPSA) is 93.7 Å². The van der Waals surface area contributed by atoms with E-state index in [4.69, 9.17) is 4.55 Å². The van der Waals surface area contributed by atoms with Crippen LogP contribution in [-0.2, 0) is 21.5 Å². The van der Waals surface area contributed by atoms with Crippen molar-refractivity contribution >= 4 is 17.2 Å². The standard InChI is InChI=1S/C23H36N4O3S/c1-22(2)9-7-17(8-10-22)20-18-5-3-4-6-19(18)23(11-13-24-14-12-23)21(28)27(20)16-15-25-26-31(29)30/h3-6,17,20,24-26H,7-16H2,1-2H3,(H,29,30). The van der Waals surface area contributed by atoms with E-state index in [2.05, 4.69) is 58.6 Å². The van der Waals surface area contributed by atoms with Gasteiger partial charge in [-0.05, 0) is 74.1 Å². The Labute approximate surface area is 188 Å². The highest BCUT2D eigenvalue weighted by molar-refractivity contribution is 7.77. The van der Waals surface area contributed by atoms with Gasteiger partial charge in [-0.2, -0.15) is 4.83 Å². The molecule has 2 atom stereocenters. The third-order valence-corrected chi connectivity index (χ3v) is 8.04. The minimum atomic E-state index is -2.12. The van der Waals surface area contributed by atoms with E-state index in [1.54, 1.807) is 0 Å². The molecule has 2 aliphatic heterocycles. The number of fused-ring (bicyclic) bond motifs is 2. The first kappa shape index (κ1) is 22.9. The Kier molecular flexibility index (Phi) is 6.84. The average molecular weight is 449 g/mol. The monoisotopic (exact) mass is 448 g/mol. The molecule has 1 amide bonds. The number of carbonyl (C=O) groups excluding carboxylic acids is 1. The molecule has 2 heterocycles. The van der Waals surface area contributed by atoms with Crippen molar-refractivity contribution in [3.8, 4) is 0 Å². The fraction of sp³-hybridized carbons (Fsp3) is 0.696. The largest absolute Gasteiger partial charge is 0.333 e. The zero-order valence-electron chi connectivity index (χ0n) is 18.7. The smallest absolute Gasteiger partial charge is 0.245 e. The van der Waals surface area contributed by atoms with Crippen molar-refractivity contribution in [3.63, 3.8) is 0 Å². The molecule has 31 heavy (non-hydrogen) atoms. The molecule has 1 aromatic carbocycles. The molecular formula is C23H36N4O3S. The van der Waals surface area contributed by atoms with Gasteiger partial charge in [0, 0.05) is 13.1 Å². The lowest BCUT2D eigenvalue weighted by Gasteiger charge is -2.52. The van der Waals surface area contributed by atoms with Crippen molar-refractivity contribution in [3.05, 3.63) is 35.4 Å². The van der Waals surface area contributed by atoms with Gasteiger partial charge in [0.2, 0.25) is 17.2 Å². The highest BCUT2D eigenvalue weighted by Crippen LogP contribution is 2.51. The molecule has 4 N–H and O–H groups in total. The van der Waals surface area contributed by atoms with Crippen LogP contribution in [0.4, 0.5) is 0 Å². The first-order valence-electron chi connectivity index (χ1n) is 11.5. The van der Waals surface area contributed by atoms with Crippen LogP contribution in [0.25, 0.3) is 0 Å². The van der Waals surface area contributed by atoms with Gasteiger partial charge in [0.25, 0.3) is 0 Å². The molecule has 1 aliphatic carbocycles. The maximum atomic E-state index is 14.1. The minimum Gasteiger partial charge on any atom is -0.333 e. The van der Waals surface area contributed by atoms with E-state index in [1.807, 2.05) is 0 Å². The van der Waals surface area contributed by atoms with Gasteiger partial charge in [-0.3, -0.25) is 9.35 Å². The van der Waals surface area contributed by atoms with Crippen LogP contribution in [0.2, 0.25) is 0 Å². The van der Waals surface area contributed by atoms with Gasteiger partial charge in [-0.15, -0.1) is 0 Å².